The predicted molar refractivity (Wildman–Crippen MR) is 86.6 cm³/mol. The predicted octanol–water partition coefficient (Wildman–Crippen LogP) is 5.73. The third-order valence-corrected chi connectivity index (χ3v) is 3.60. The van der Waals surface area contributed by atoms with Gasteiger partial charge in [0.15, 0.2) is 0 Å². The number of benzene rings is 1. The summed E-state index contributed by atoms with van der Waals surface area (Å²) in [5.41, 5.74) is 1.27. The van der Waals surface area contributed by atoms with Gasteiger partial charge in [0, 0.05) is 4.75 Å². The summed E-state index contributed by atoms with van der Waals surface area (Å²) in [4.78, 5) is 0. The first-order chi connectivity index (χ1) is 8.30. The molecular formula is C14H23Cl2NS. The van der Waals surface area contributed by atoms with Crippen molar-refractivity contribution in [2.24, 2.45) is 5.14 Å². The largest absolute Gasteiger partial charge is 0.277 e. The van der Waals surface area contributed by atoms with Crippen LogP contribution >= 0.6 is 35.1 Å². The van der Waals surface area contributed by atoms with Crippen LogP contribution in [-0.4, -0.2) is 4.75 Å². The second kappa shape index (κ2) is 9.08. The minimum Gasteiger partial charge on any atom is -0.277 e. The third kappa shape index (κ3) is 9.09. The van der Waals surface area contributed by atoms with Gasteiger partial charge in [0.25, 0.3) is 0 Å². The molecule has 0 aromatic heterocycles. The van der Waals surface area contributed by atoms with Crippen molar-refractivity contribution < 1.29 is 0 Å². The molecule has 1 rings (SSSR count). The van der Waals surface area contributed by atoms with E-state index in [0.717, 1.165) is 6.42 Å². The number of rotatable bonds is 3. The van der Waals surface area contributed by atoms with Crippen LogP contribution in [0.25, 0.3) is 0 Å². The quantitative estimate of drug-likeness (QED) is 0.722. The van der Waals surface area contributed by atoms with Crippen molar-refractivity contribution >= 4 is 35.1 Å². The molecule has 0 saturated heterocycles. The van der Waals surface area contributed by atoms with Gasteiger partial charge in [-0.1, -0.05) is 54.6 Å². The molecule has 0 fully saturated rings. The molecule has 104 valence electrons. The highest BCUT2D eigenvalue weighted by Gasteiger charge is 2.05. The molecule has 0 atom stereocenters. The summed E-state index contributed by atoms with van der Waals surface area (Å²) in [5.74, 6) is 0. The van der Waals surface area contributed by atoms with Crippen LogP contribution in [0.5, 0.6) is 0 Å². The first-order valence-electron chi connectivity index (χ1n) is 6.12. The Labute approximate surface area is 126 Å². The summed E-state index contributed by atoms with van der Waals surface area (Å²) in [6, 6.07) is 5.83. The molecule has 0 aliphatic heterocycles. The van der Waals surface area contributed by atoms with Gasteiger partial charge < -0.3 is 0 Å². The molecule has 2 N–H and O–H groups in total. The highest BCUT2D eigenvalue weighted by atomic mass is 35.5. The van der Waals surface area contributed by atoms with Crippen LogP contribution in [0.3, 0.4) is 0 Å². The average Bonchev–Trinajstić information content (AvgIpc) is 2.31. The van der Waals surface area contributed by atoms with Gasteiger partial charge in [0.05, 0.1) is 10.0 Å². The topological polar surface area (TPSA) is 26.0 Å². The zero-order chi connectivity index (χ0) is 14.2. The van der Waals surface area contributed by atoms with Crippen molar-refractivity contribution in [1.29, 1.82) is 0 Å². The average molecular weight is 308 g/mol. The lowest BCUT2D eigenvalue weighted by Gasteiger charge is -2.11. The van der Waals surface area contributed by atoms with Gasteiger partial charge in [0.2, 0.25) is 0 Å². The molecule has 0 amide bonds. The first kappa shape index (κ1) is 18.1. The van der Waals surface area contributed by atoms with Gasteiger partial charge in [-0.2, -0.15) is 0 Å². The molecule has 0 bridgehead atoms. The maximum absolute atomic E-state index is 5.86. The standard InChI is InChI=1S/C10H12Cl2.C4H11NS/c1-2-3-4-8-5-6-9(11)10(12)7-8;1-4(2,3)6-5/h5-7H,2-4H2,1H3;5H2,1-3H3. The zero-order valence-electron chi connectivity index (χ0n) is 11.6. The summed E-state index contributed by atoms with van der Waals surface area (Å²) in [7, 11) is 0. The molecule has 0 heterocycles. The van der Waals surface area contributed by atoms with E-state index < -0.39 is 0 Å². The van der Waals surface area contributed by atoms with E-state index in [1.54, 1.807) is 0 Å². The Balaban J connectivity index is 0.000000411. The van der Waals surface area contributed by atoms with Crippen molar-refractivity contribution in [3.8, 4) is 0 Å². The summed E-state index contributed by atoms with van der Waals surface area (Å²) >= 11 is 13.0. The van der Waals surface area contributed by atoms with Crippen LogP contribution in [0.4, 0.5) is 0 Å². The molecule has 0 spiro atoms. The normalized spacial score (nSPS) is 10.8. The minimum absolute atomic E-state index is 0.236. The lowest BCUT2D eigenvalue weighted by atomic mass is 10.1. The number of nitrogens with two attached hydrogens (primary N) is 1. The van der Waals surface area contributed by atoms with E-state index in [4.69, 9.17) is 28.3 Å². The van der Waals surface area contributed by atoms with Crippen molar-refractivity contribution in [2.45, 2.75) is 51.7 Å². The van der Waals surface area contributed by atoms with Gasteiger partial charge in [-0.3, -0.25) is 5.14 Å². The van der Waals surface area contributed by atoms with E-state index >= 15 is 0 Å². The highest BCUT2D eigenvalue weighted by molar-refractivity contribution is 7.98. The number of aryl methyl sites for hydroxylation is 1. The maximum Gasteiger partial charge on any atom is 0.0595 e. The maximum atomic E-state index is 5.86. The van der Waals surface area contributed by atoms with Crippen molar-refractivity contribution in [1.82, 2.24) is 0 Å². The molecule has 1 aromatic rings. The van der Waals surface area contributed by atoms with Crippen LogP contribution < -0.4 is 5.14 Å². The van der Waals surface area contributed by atoms with E-state index in [9.17, 15) is 0 Å². The summed E-state index contributed by atoms with van der Waals surface area (Å²) in [6.07, 6.45) is 3.51. The fourth-order valence-electron chi connectivity index (χ4n) is 1.08. The fourth-order valence-corrected chi connectivity index (χ4v) is 1.40. The van der Waals surface area contributed by atoms with E-state index in [1.807, 2.05) is 18.2 Å². The van der Waals surface area contributed by atoms with E-state index in [2.05, 4.69) is 27.7 Å². The van der Waals surface area contributed by atoms with E-state index in [0.29, 0.717) is 10.0 Å². The Morgan fingerprint density at radius 3 is 2.11 bits per heavy atom. The van der Waals surface area contributed by atoms with Crippen LogP contribution in [0.1, 0.15) is 46.1 Å². The first-order valence-corrected chi connectivity index (χ1v) is 7.75. The van der Waals surface area contributed by atoms with Gasteiger partial charge in [-0.25, -0.2) is 0 Å². The van der Waals surface area contributed by atoms with Crippen molar-refractivity contribution in [3.05, 3.63) is 33.8 Å². The second-order valence-electron chi connectivity index (χ2n) is 5.08. The van der Waals surface area contributed by atoms with Crippen LogP contribution in [0, 0.1) is 0 Å². The lowest BCUT2D eigenvalue weighted by molar-refractivity contribution is 0.795. The third-order valence-electron chi connectivity index (χ3n) is 2.16. The Morgan fingerprint density at radius 2 is 1.72 bits per heavy atom. The second-order valence-corrected chi connectivity index (χ2v) is 7.36. The Morgan fingerprint density at radius 1 is 1.17 bits per heavy atom. The number of hydrogen-bond acceptors (Lipinski definition) is 2. The molecule has 1 nitrogen and oxygen atoms in total. The molecule has 0 radical (unpaired) electrons. The molecule has 0 aliphatic rings. The summed E-state index contributed by atoms with van der Waals surface area (Å²) in [5, 5.41) is 6.52. The summed E-state index contributed by atoms with van der Waals surface area (Å²) < 4.78 is 0.236. The Bertz CT molecular complexity index is 348. The van der Waals surface area contributed by atoms with Crippen LogP contribution in [0.2, 0.25) is 10.0 Å². The van der Waals surface area contributed by atoms with E-state index in [-0.39, 0.29) is 4.75 Å². The van der Waals surface area contributed by atoms with Crippen molar-refractivity contribution in [3.63, 3.8) is 0 Å². The number of unbranched alkanes of at least 4 members (excludes halogenated alkanes) is 1. The van der Waals surface area contributed by atoms with Gasteiger partial charge in [-0.15, -0.1) is 0 Å². The number of halogens is 2. The minimum atomic E-state index is 0.236. The summed E-state index contributed by atoms with van der Waals surface area (Å²) in [6.45, 7) is 8.42. The Hall–Kier alpha value is 0.110. The van der Waals surface area contributed by atoms with Gasteiger partial charge in [-0.05, 0) is 51.3 Å². The van der Waals surface area contributed by atoms with Gasteiger partial charge >= 0.3 is 0 Å². The molecule has 1 aromatic carbocycles. The van der Waals surface area contributed by atoms with Crippen molar-refractivity contribution in [2.75, 3.05) is 0 Å². The number of hydrogen-bond donors (Lipinski definition) is 1. The van der Waals surface area contributed by atoms with Crippen LogP contribution in [-0.2, 0) is 6.42 Å². The molecule has 0 aliphatic carbocycles. The molecule has 0 saturated carbocycles. The lowest BCUT2D eigenvalue weighted by Crippen LogP contribution is -2.09. The molecule has 4 heteroatoms. The smallest absolute Gasteiger partial charge is 0.0595 e. The molecule has 0 unspecified atom stereocenters. The Kier molecular flexibility index (Phi) is 9.14. The van der Waals surface area contributed by atoms with Crippen LogP contribution in [0.15, 0.2) is 18.2 Å². The van der Waals surface area contributed by atoms with Gasteiger partial charge in [0.1, 0.15) is 0 Å². The SMILES string of the molecule is CC(C)(C)SN.CCCCc1ccc(Cl)c(Cl)c1. The molecule has 18 heavy (non-hydrogen) atoms. The highest BCUT2D eigenvalue weighted by Crippen LogP contribution is 2.23. The van der Waals surface area contributed by atoms with E-state index in [1.165, 1.54) is 30.4 Å². The monoisotopic (exact) mass is 307 g/mol. The molecular weight excluding hydrogens is 285 g/mol. The zero-order valence-corrected chi connectivity index (χ0v) is 13.9. The fraction of sp³-hybridized carbons (Fsp3) is 0.571.